The van der Waals surface area contributed by atoms with Gasteiger partial charge in [-0.3, -0.25) is 0 Å². The van der Waals surface area contributed by atoms with Gasteiger partial charge < -0.3 is 4.42 Å². The molecule has 2 nitrogen and oxygen atoms in total. The molecule has 0 fully saturated rings. The van der Waals surface area contributed by atoms with Crippen LogP contribution in [0, 0.1) is 5.82 Å². The lowest BCUT2D eigenvalue weighted by molar-refractivity contribution is 0.620. The van der Waals surface area contributed by atoms with Gasteiger partial charge in [0.15, 0.2) is 5.58 Å². The van der Waals surface area contributed by atoms with Gasteiger partial charge in [-0.1, -0.05) is 47.9 Å². The third-order valence-electron chi connectivity index (χ3n) is 3.86. The summed E-state index contributed by atoms with van der Waals surface area (Å²) in [7, 11) is 2.05. The Hall–Kier alpha value is -2.88. The second-order valence-corrected chi connectivity index (χ2v) is 5.57. The highest BCUT2D eigenvalue weighted by Gasteiger charge is 2.09. The van der Waals surface area contributed by atoms with Gasteiger partial charge in [0, 0.05) is 5.56 Å². The number of oxazole rings is 1. The molecule has 3 aromatic carbocycles. The van der Waals surface area contributed by atoms with Gasteiger partial charge >= 0.3 is 0 Å². The van der Waals surface area contributed by atoms with Crippen LogP contribution in [0.5, 0.6) is 0 Å². The first kappa shape index (κ1) is 13.8. The number of aromatic nitrogens is 1. The number of rotatable bonds is 2. The summed E-state index contributed by atoms with van der Waals surface area (Å²) in [5.74, 6) is 0.370. The quantitative estimate of drug-likeness (QED) is 0.529. The molecule has 0 N–H and O–H groups in total. The van der Waals surface area contributed by atoms with E-state index in [2.05, 4.69) is 4.98 Å². The zero-order valence-electron chi connectivity index (χ0n) is 12.6. The van der Waals surface area contributed by atoms with Gasteiger partial charge in [0.1, 0.15) is 19.2 Å². The summed E-state index contributed by atoms with van der Waals surface area (Å²) in [5.41, 5.74) is 5.63. The van der Waals surface area contributed by atoms with Crippen LogP contribution in [0.2, 0.25) is 0 Å². The largest absolute Gasteiger partial charge is 0.436 e. The summed E-state index contributed by atoms with van der Waals surface area (Å²) in [6.45, 7) is 0. The summed E-state index contributed by atoms with van der Waals surface area (Å²) < 4.78 is 18.9. The molecule has 0 amide bonds. The van der Waals surface area contributed by atoms with Crippen molar-refractivity contribution in [1.82, 2.24) is 4.98 Å². The average Bonchev–Trinajstić information content (AvgIpc) is 2.99. The summed E-state index contributed by atoms with van der Waals surface area (Å²) in [4.78, 5) is 4.58. The Morgan fingerprint density at radius 2 is 1.43 bits per heavy atom. The van der Waals surface area contributed by atoms with Crippen molar-refractivity contribution in [2.75, 3.05) is 0 Å². The van der Waals surface area contributed by atoms with E-state index in [0.29, 0.717) is 5.89 Å². The highest BCUT2D eigenvalue weighted by molar-refractivity contribution is 6.32. The minimum absolute atomic E-state index is 0.238. The number of hydrogen-bond donors (Lipinski definition) is 0. The molecule has 0 saturated carbocycles. The van der Waals surface area contributed by atoms with Crippen molar-refractivity contribution >= 4 is 24.4 Å². The van der Waals surface area contributed by atoms with Gasteiger partial charge in [0.25, 0.3) is 0 Å². The number of hydrogen-bond acceptors (Lipinski definition) is 2. The monoisotopic (exact) mass is 301 g/mol. The van der Waals surface area contributed by atoms with Crippen molar-refractivity contribution in [2.45, 2.75) is 0 Å². The number of halogens is 1. The molecule has 0 unspecified atom stereocenters. The van der Waals surface area contributed by atoms with Crippen LogP contribution in [0.3, 0.4) is 0 Å². The minimum Gasteiger partial charge on any atom is -0.436 e. The predicted molar refractivity (Wildman–Crippen MR) is 93.0 cm³/mol. The smallest absolute Gasteiger partial charge is 0.227 e. The first-order valence-electron chi connectivity index (χ1n) is 7.43. The van der Waals surface area contributed by atoms with Crippen molar-refractivity contribution in [3.8, 4) is 22.6 Å². The molecule has 4 heteroatoms. The Bertz CT molecular complexity index is 931. The molecule has 23 heavy (non-hydrogen) atoms. The predicted octanol–water partition coefficient (Wildman–Crippen LogP) is 3.56. The molecule has 1 aromatic heterocycles. The molecule has 0 saturated heterocycles. The van der Waals surface area contributed by atoms with E-state index in [1.54, 1.807) is 12.1 Å². The van der Waals surface area contributed by atoms with Crippen LogP contribution in [0.4, 0.5) is 4.39 Å². The van der Waals surface area contributed by atoms with E-state index in [-0.39, 0.29) is 5.82 Å². The van der Waals surface area contributed by atoms with Crippen molar-refractivity contribution in [3.05, 3.63) is 72.5 Å². The molecule has 1 heterocycles. The molecular formula is C19H13BFNO. The molecule has 0 atom stereocenters. The molecular weight excluding hydrogens is 288 g/mol. The van der Waals surface area contributed by atoms with Crippen molar-refractivity contribution in [2.24, 2.45) is 0 Å². The minimum atomic E-state index is -0.238. The standard InChI is InChI=1S/C19H13BFNO/c20-15-6-1-13(2-7-15)19-22-17-11-14(5-10-18(17)23-19)12-3-8-16(21)9-4-12/h1-11H,20H2. The molecule has 0 aliphatic heterocycles. The van der Waals surface area contributed by atoms with E-state index in [0.717, 1.165) is 27.8 Å². The lowest BCUT2D eigenvalue weighted by atomic mass is 9.95. The number of nitrogens with zero attached hydrogens (tertiary/aromatic N) is 1. The first-order chi connectivity index (χ1) is 11.2. The highest BCUT2D eigenvalue weighted by atomic mass is 19.1. The maximum atomic E-state index is 13.0. The number of benzene rings is 3. The van der Waals surface area contributed by atoms with Crippen LogP contribution in [0.25, 0.3) is 33.7 Å². The second-order valence-electron chi connectivity index (χ2n) is 5.57. The number of fused-ring (bicyclic) bond motifs is 1. The van der Waals surface area contributed by atoms with Crippen LogP contribution in [0.15, 0.2) is 71.1 Å². The maximum absolute atomic E-state index is 13.0. The third-order valence-corrected chi connectivity index (χ3v) is 3.86. The normalized spacial score (nSPS) is 11.0. The van der Waals surface area contributed by atoms with Crippen molar-refractivity contribution in [3.63, 3.8) is 0 Å². The Morgan fingerprint density at radius 3 is 2.17 bits per heavy atom. The molecule has 4 aromatic rings. The van der Waals surface area contributed by atoms with E-state index in [1.165, 1.54) is 17.6 Å². The summed E-state index contributed by atoms with van der Waals surface area (Å²) in [5, 5.41) is 0. The molecule has 0 aliphatic carbocycles. The van der Waals surface area contributed by atoms with Crippen molar-refractivity contribution < 1.29 is 8.81 Å². The van der Waals surface area contributed by atoms with E-state index in [4.69, 9.17) is 4.42 Å². The van der Waals surface area contributed by atoms with Crippen LogP contribution in [0.1, 0.15) is 0 Å². The van der Waals surface area contributed by atoms with Crippen LogP contribution in [-0.2, 0) is 0 Å². The van der Waals surface area contributed by atoms with Gasteiger partial charge in [-0.05, 0) is 35.4 Å². The lowest BCUT2D eigenvalue weighted by Gasteiger charge is -2.00. The molecule has 110 valence electrons. The lowest BCUT2D eigenvalue weighted by Crippen LogP contribution is -1.99. The van der Waals surface area contributed by atoms with Crippen LogP contribution in [-0.4, -0.2) is 12.8 Å². The molecule has 0 aliphatic rings. The van der Waals surface area contributed by atoms with Gasteiger partial charge in [0.05, 0.1) is 0 Å². The molecule has 0 bridgehead atoms. The van der Waals surface area contributed by atoms with E-state index < -0.39 is 0 Å². The summed E-state index contributed by atoms with van der Waals surface area (Å²) >= 11 is 0. The van der Waals surface area contributed by atoms with E-state index in [9.17, 15) is 4.39 Å². The fraction of sp³-hybridized carbons (Fsp3) is 0. The Labute approximate surface area is 134 Å². The molecule has 0 spiro atoms. The van der Waals surface area contributed by atoms with Gasteiger partial charge in [0.2, 0.25) is 5.89 Å². The molecule has 0 radical (unpaired) electrons. The highest BCUT2D eigenvalue weighted by Crippen LogP contribution is 2.28. The summed E-state index contributed by atoms with van der Waals surface area (Å²) in [6.07, 6.45) is 0. The Balaban J connectivity index is 1.77. The van der Waals surface area contributed by atoms with Gasteiger partial charge in [-0.2, -0.15) is 0 Å². The third kappa shape index (κ3) is 2.64. The maximum Gasteiger partial charge on any atom is 0.227 e. The first-order valence-corrected chi connectivity index (χ1v) is 7.43. The Kier molecular flexibility index (Phi) is 3.23. The van der Waals surface area contributed by atoms with Gasteiger partial charge in [-0.25, -0.2) is 9.37 Å². The average molecular weight is 301 g/mol. The fourth-order valence-electron chi connectivity index (χ4n) is 2.57. The zero-order valence-corrected chi connectivity index (χ0v) is 12.6. The summed E-state index contributed by atoms with van der Waals surface area (Å²) in [6, 6.07) is 20.3. The van der Waals surface area contributed by atoms with Crippen molar-refractivity contribution in [1.29, 1.82) is 0 Å². The van der Waals surface area contributed by atoms with E-state index >= 15 is 0 Å². The fourth-order valence-corrected chi connectivity index (χ4v) is 2.57. The Morgan fingerprint density at radius 1 is 0.783 bits per heavy atom. The SMILES string of the molecule is Bc1ccc(-c2nc3cc(-c4ccc(F)cc4)ccc3o2)cc1. The second kappa shape index (κ2) is 5.40. The molecule has 4 rings (SSSR count). The van der Waals surface area contributed by atoms with Crippen LogP contribution < -0.4 is 5.46 Å². The van der Waals surface area contributed by atoms with E-state index in [1.807, 2.05) is 50.3 Å². The zero-order chi connectivity index (χ0) is 15.8. The topological polar surface area (TPSA) is 26.0 Å². The van der Waals surface area contributed by atoms with Crippen LogP contribution >= 0.6 is 0 Å². The van der Waals surface area contributed by atoms with Gasteiger partial charge in [-0.15, -0.1) is 0 Å².